The average molecular weight is 425 g/mol. The van der Waals surface area contributed by atoms with E-state index in [2.05, 4.69) is 0 Å². The van der Waals surface area contributed by atoms with Crippen molar-refractivity contribution in [3.8, 4) is 0 Å². The van der Waals surface area contributed by atoms with Crippen molar-refractivity contribution in [2.75, 3.05) is 11.5 Å². The lowest BCUT2D eigenvalue weighted by molar-refractivity contribution is -0.156. The molecule has 0 aromatic heterocycles. The molecule has 4 N–H and O–H groups in total. The van der Waals surface area contributed by atoms with Crippen molar-refractivity contribution in [3.63, 3.8) is 0 Å². The maximum absolute atomic E-state index is 11.7. The van der Waals surface area contributed by atoms with Gasteiger partial charge in [0.15, 0.2) is 0 Å². The Morgan fingerprint density at radius 2 is 1.04 bits per heavy atom. The van der Waals surface area contributed by atoms with Gasteiger partial charge in [0.25, 0.3) is 0 Å². The summed E-state index contributed by atoms with van der Waals surface area (Å²) in [7, 11) is 2.76. The number of ether oxygens (including phenoxy) is 2. The first-order valence-corrected chi connectivity index (χ1v) is 9.52. The van der Waals surface area contributed by atoms with Crippen LogP contribution in [-0.2, 0) is 19.1 Å². The Kier molecular flexibility index (Phi) is 15.0. The molecule has 0 fully saturated rings. The molecular formula is C14H30Cl2N2O4S2. The van der Waals surface area contributed by atoms with Crippen LogP contribution in [-0.4, -0.2) is 46.7 Å². The van der Waals surface area contributed by atoms with E-state index in [1.807, 2.05) is 0 Å². The molecule has 146 valence electrons. The molecule has 0 aliphatic heterocycles. The summed E-state index contributed by atoms with van der Waals surface area (Å²) in [6, 6.07) is -1.40. The molecule has 2 atom stereocenters. The zero-order chi connectivity index (χ0) is 17.6. The Hall–Kier alpha value is 0.140. The number of hydrogen-bond donors (Lipinski definition) is 2. The smallest absolute Gasteiger partial charge is 0.324 e. The van der Waals surface area contributed by atoms with E-state index in [0.29, 0.717) is 11.5 Å². The zero-order valence-electron chi connectivity index (χ0n) is 15.0. The van der Waals surface area contributed by atoms with Crippen molar-refractivity contribution in [2.24, 2.45) is 11.5 Å². The molecule has 0 amide bonds. The lowest BCUT2D eigenvalue weighted by Gasteiger charge is -2.22. The van der Waals surface area contributed by atoms with Gasteiger partial charge in [0.1, 0.15) is 23.3 Å². The summed E-state index contributed by atoms with van der Waals surface area (Å²) in [4.78, 5) is 23.4. The molecule has 0 aliphatic rings. The number of rotatable bonds is 7. The summed E-state index contributed by atoms with van der Waals surface area (Å²) >= 11 is 0. The van der Waals surface area contributed by atoms with Gasteiger partial charge >= 0.3 is 11.9 Å². The van der Waals surface area contributed by atoms with Crippen LogP contribution in [0.5, 0.6) is 0 Å². The molecule has 10 heteroatoms. The molecule has 6 nitrogen and oxygen atoms in total. The van der Waals surface area contributed by atoms with Crippen molar-refractivity contribution >= 4 is 58.3 Å². The quantitative estimate of drug-likeness (QED) is 0.364. The summed E-state index contributed by atoms with van der Waals surface area (Å²) in [6.07, 6.45) is 0. The van der Waals surface area contributed by atoms with Crippen LogP contribution in [0.15, 0.2) is 0 Å². The summed E-state index contributed by atoms with van der Waals surface area (Å²) in [5, 5.41) is 0. The van der Waals surface area contributed by atoms with Crippen molar-refractivity contribution < 1.29 is 19.1 Å². The topological polar surface area (TPSA) is 105 Å². The van der Waals surface area contributed by atoms with E-state index >= 15 is 0 Å². The fraction of sp³-hybridized carbons (Fsp3) is 0.857. The maximum atomic E-state index is 11.7. The average Bonchev–Trinajstić information content (AvgIpc) is 2.29. The standard InChI is InChI=1S/C14H28N2O4S2.2ClH/c1-13(2,3)19-11(17)9(15)7-21-22-8-10(16)12(18)20-14(4,5)6;;/h9-10H,7-8,15-16H2,1-6H3;2*1H/t9-,10+;;. The van der Waals surface area contributed by atoms with Crippen LogP contribution in [0.3, 0.4) is 0 Å². The molecular weight excluding hydrogens is 395 g/mol. The lowest BCUT2D eigenvalue weighted by Crippen LogP contribution is -2.39. The largest absolute Gasteiger partial charge is 0.459 e. The molecule has 0 radical (unpaired) electrons. The fourth-order valence-electron chi connectivity index (χ4n) is 1.13. The van der Waals surface area contributed by atoms with Crippen molar-refractivity contribution in [2.45, 2.75) is 64.8 Å². The van der Waals surface area contributed by atoms with Crippen molar-refractivity contribution in [1.29, 1.82) is 0 Å². The summed E-state index contributed by atoms with van der Waals surface area (Å²) < 4.78 is 10.4. The molecule has 0 spiro atoms. The third-order valence-corrected chi connectivity index (χ3v) is 4.47. The Morgan fingerprint density at radius 1 is 0.792 bits per heavy atom. The molecule has 0 saturated carbocycles. The third kappa shape index (κ3) is 15.7. The first-order chi connectivity index (χ1) is 9.82. The highest BCUT2D eigenvalue weighted by Gasteiger charge is 2.24. The number of nitrogens with two attached hydrogens (primary N) is 2. The van der Waals surface area contributed by atoms with Gasteiger partial charge in [0.05, 0.1) is 0 Å². The SMILES string of the molecule is CC(C)(C)OC(=O)[C@H](N)CSSC[C@H](N)C(=O)OC(C)(C)C.Cl.Cl. The Balaban J connectivity index is -0.00000220. The van der Waals surface area contributed by atoms with E-state index < -0.39 is 35.2 Å². The predicted octanol–water partition coefficient (Wildman–Crippen LogP) is 2.55. The Morgan fingerprint density at radius 3 is 1.25 bits per heavy atom. The molecule has 0 bridgehead atoms. The molecule has 0 saturated heterocycles. The highest BCUT2D eigenvalue weighted by atomic mass is 35.5. The summed E-state index contributed by atoms with van der Waals surface area (Å²) in [5.41, 5.74) is 10.4. The maximum Gasteiger partial charge on any atom is 0.324 e. The van der Waals surface area contributed by atoms with Crippen LogP contribution < -0.4 is 11.5 Å². The minimum Gasteiger partial charge on any atom is -0.459 e. The number of carbonyl (C=O) groups is 2. The van der Waals surface area contributed by atoms with Crippen LogP contribution in [0, 0.1) is 0 Å². The van der Waals surface area contributed by atoms with Gasteiger partial charge in [-0.1, -0.05) is 21.6 Å². The first-order valence-electron chi connectivity index (χ1n) is 7.03. The fourth-order valence-corrected chi connectivity index (χ4v) is 3.35. The summed E-state index contributed by atoms with van der Waals surface area (Å²) in [5.74, 6) is -0.0876. The lowest BCUT2D eigenvalue weighted by atomic mass is 10.2. The number of hydrogen-bond acceptors (Lipinski definition) is 8. The van der Waals surface area contributed by atoms with Gasteiger partial charge < -0.3 is 20.9 Å². The second-order valence-electron chi connectivity index (χ2n) is 6.85. The third-order valence-electron chi connectivity index (χ3n) is 2.00. The molecule has 0 rings (SSSR count). The van der Waals surface area contributed by atoms with Crippen LogP contribution in [0.25, 0.3) is 0 Å². The zero-order valence-corrected chi connectivity index (χ0v) is 18.3. The minimum atomic E-state index is -0.700. The van der Waals surface area contributed by atoms with E-state index in [0.717, 1.165) is 0 Å². The number of halogens is 2. The second-order valence-corrected chi connectivity index (χ2v) is 9.40. The van der Waals surface area contributed by atoms with E-state index in [-0.39, 0.29) is 24.8 Å². The predicted molar refractivity (Wildman–Crippen MR) is 107 cm³/mol. The number of esters is 2. The highest BCUT2D eigenvalue weighted by molar-refractivity contribution is 8.76. The minimum absolute atomic E-state index is 0. The van der Waals surface area contributed by atoms with E-state index in [1.54, 1.807) is 41.5 Å². The van der Waals surface area contributed by atoms with Gasteiger partial charge in [-0.05, 0) is 41.5 Å². The van der Waals surface area contributed by atoms with Gasteiger partial charge in [0.2, 0.25) is 0 Å². The van der Waals surface area contributed by atoms with E-state index in [9.17, 15) is 9.59 Å². The molecule has 0 unspecified atom stereocenters. The van der Waals surface area contributed by atoms with Gasteiger partial charge in [0, 0.05) is 11.5 Å². The van der Waals surface area contributed by atoms with Gasteiger partial charge in [-0.15, -0.1) is 24.8 Å². The van der Waals surface area contributed by atoms with Crippen LogP contribution in [0.2, 0.25) is 0 Å². The van der Waals surface area contributed by atoms with E-state index in [4.69, 9.17) is 20.9 Å². The van der Waals surface area contributed by atoms with Crippen molar-refractivity contribution in [3.05, 3.63) is 0 Å². The normalized spacial score (nSPS) is 13.8. The highest BCUT2D eigenvalue weighted by Crippen LogP contribution is 2.23. The van der Waals surface area contributed by atoms with Gasteiger partial charge in [-0.25, -0.2) is 0 Å². The number of carbonyl (C=O) groups excluding carboxylic acids is 2. The monoisotopic (exact) mass is 424 g/mol. The van der Waals surface area contributed by atoms with Crippen LogP contribution >= 0.6 is 46.4 Å². The Labute approximate surface area is 165 Å². The van der Waals surface area contributed by atoms with Gasteiger partial charge in [-0.3, -0.25) is 9.59 Å². The second kappa shape index (κ2) is 12.5. The molecule has 0 aliphatic carbocycles. The first kappa shape index (κ1) is 28.9. The van der Waals surface area contributed by atoms with E-state index in [1.165, 1.54) is 21.6 Å². The summed E-state index contributed by atoms with van der Waals surface area (Å²) in [6.45, 7) is 10.7. The Bertz CT molecular complexity index is 352. The van der Waals surface area contributed by atoms with Crippen LogP contribution in [0.4, 0.5) is 0 Å². The molecule has 0 aromatic carbocycles. The van der Waals surface area contributed by atoms with Gasteiger partial charge in [-0.2, -0.15) is 0 Å². The molecule has 24 heavy (non-hydrogen) atoms. The van der Waals surface area contributed by atoms with Crippen molar-refractivity contribution in [1.82, 2.24) is 0 Å². The van der Waals surface area contributed by atoms with Crippen LogP contribution in [0.1, 0.15) is 41.5 Å². The molecule has 0 aromatic rings. The molecule has 0 heterocycles.